The van der Waals surface area contributed by atoms with E-state index in [1.54, 1.807) is 6.07 Å². The molecule has 3 saturated heterocycles. The lowest BCUT2D eigenvalue weighted by molar-refractivity contribution is -0.131. The third-order valence-corrected chi connectivity index (χ3v) is 7.33. The van der Waals surface area contributed by atoms with Crippen molar-refractivity contribution in [1.29, 1.82) is 0 Å². The van der Waals surface area contributed by atoms with E-state index < -0.39 is 17.3 Å². The number of ether oxygens (including phenoxy) is 1. The van der Waals surface area contributed by atoms with Crippen LogP contribution in [-0.4, -0.2) is 63.2 Å². The van der Waals surface area contributed by atoms with Gasteiger partial charge in [0.25, 0.3) is 0 Å². The topological polar surface area (TPSA) is 83.5 Å². The quantitative estimate of drug-likeness (QED) is 0.475. The van der Waals surface area contributed by atoms with Crippen LogP contribution >= 0.6 is 0 Å². The number of anilines is 3. The van der Waals surface area contributed by atoms with Gasteiger partial charge in [-0.2, -0.15) is 4.39 Å². The van der Waals surface area contributed by atoms with E-state index in [9.17, 15) is 18.0 Å². The smallest absolute Gasteiger partial charge is 0.246 e. The molecule has 1 saturated carbocycles. The van der Waals surface area contributed by atoms with Crippen molar-refractivity contribution in [3.63, 3.8) is 0 Å². The predicted octanol–water partition coefficient (Wildman–Crippen LogP) is 4.29. The highest BCUT2D eigenvalue weighted by atomic mass is 19.2. The normalized spacial score (nSPS) is 21.7. The minimum absolute atomic E-state index is 0.0666. The van der Waals surface area contributed by atoms with Crippen LogP contribution in [0.5, 0.6) is 5.75 Å². The first kappa shape index (κ1) is 23.5. The largest absolute Gasteiger partial charge is 0.487 e. The Morgan fingerprint density at radius 2 is 1.95 bits per heavy atom. The third kappa shape index (κ3) is 4.32. The average molecular weight is 511 g/mol. The van der Waals surface area contributed by atoms with Gasteiger partial charge in [-0.05, 0) is 56.0 Å². The van der Waals surface area contributed by atoms with Gasteiger partial charge in [-0.1, -0.05) is 6.58 Å². The van der Waals surface area contributed by atoms with Gasteiger partial charge in [0.1, 0.15) is 29.9 Å². The van der Waals surface area contributed by atoms with E-state index in [1.165, 1.54) is 24.5 Å². The van der Waals surface area contributed by atoms with Crippen LogP contribution in [0.2, 0.25) is 0 Å². The second kappa shape index (κ2) is 8.89. The molecule has 1 aromatic carbocycles. The Balaban J connectivity index is 1.26. The fourth-order valence-corrected chi connectivity index (χ4v) is 5.03. The number of nitrogens with zero attached hydrogens (tertiary/aromatic N) is 5. The molecule has 4 aliphatic rings. The molecule has 1 N–H and O–H groups in total. The third-order valence-electron chi connectivity index (χ3n) is 7.33. The Morgan fingerprint density at radius 1 is 1.14 bits per heavy atom. The molecule has 1 amide bonds. The van der Waals surface area contributed by atoms with Crippen LogP contribution in [0.15, 0.2) is 43.2 Å². The van der Waals surface area contributed by atoms with Crippen LogP contribution in [0.4, 0.5) is 30.5 Å². The average Bonchev–Trinajstić information content (AvgIpc) is 3.67. The summed E-state index contributed by atoms with van der Waals surface area (Å²) in [5, 5.41) is 2.82. The number of rotatable bonds is 7. The maximum atomic E-state index is 14.9. The number of benzene rings is 1. The van der Waals surface area contributed by atoms with Crippen molar-refractivity contribution in [3.8, 4) is 5.75 Å². The summed E-state index contributed by atoms with van der Waals surface area (Å²) >= 11 is 0. The van der Waals surface area contributed by atoms with E-state index in [0.29, 0.717) is 42.8 Å². The van der Waals surface area contributed by atoms with Gasteiger partial charge in [-0.25, -0.2) is 23.7 Å². The van der Waals surface area contributed by atoms with Gasteiger partial charge in [0.05, 0.1) is 11.2 Å². The van der Waals surface area contributed by atoms with E-state index in [-0.39, 0.29) is 41.9 Å². The van der Waals surface area contributed by atoms with Crippen molar-refractivity contribution < 1.29 is 22.7 Å². The Bertz CT molecular complexity index is 1400. The van der Waals surface area contributed by atoms with E-state index >= 15 is 0 Å². The summed E-state index contributed by atoms with van der Waals surface area (Å²) in [5.41, 5.74) is -0.677. The maximum absolute atomic E-state index is 14.9. The summed E-state index contributed by atoms with van der Waals surface area (Å²) in [4.78, 5) is 29.5. The van der Waals surface area contributed by atoms with Crippen molar-refractivity contribution in [2.24, 2.45) is 0 Å². The number of nitrogens with one attached hydrogen (secondary N) is 1. The number of pyridine rings is 1. The van der Waals surface area contributed by atoms with E-state index in [0.717, 1.165) is 12.8 Å². The van der Waals surface area contributed by atoms with Crippen LogP contribution in [0.25, 0.3) is 11.0 Å². The van der Waals surface area contributed by atoms with Gasteiger partial charge >= 0.3 is 0 Å². The fraction of sp³-hybridized carbons (Fsp3) is 0.385. The molecule has 11 heteroatoms. The lowest BCUT2D eigenvalue weighted by atomic mass is 9.90. The number of carbonyl (C=O) groups is 1. The van der Waals surface area contributed by atoms with Gasteiger partial charge in [0.15, 0.2) is 17.4 Å². The van der Waals surface area contributed by atoms with Crippen LogP contribution in [0.3, 0.4) is 0 Å². The molecule has 1 unspecified atom stereocenters. The minimum atomic E-state index is -1.45. The highest BCUT2D eigenvalue weighted by Gasteiger charge is 2.44. The van der Waals surface area contributed by atoms with E-state index in [4.69, 9.17) is 9.72 Å². The first-order valence-electron chi connectivity index (χ1n) is 12.2. The molecule has 3 aliphatic heterocycles. The van der Waals surface area contributed by atoms with Gasteiger partial charge in [0.2, 0.25) is 11.7 Å². The molecule has 192 valence electrons. The fourth-order valence-electron chi connectivity index (χ4n) is 5.03. The zero-order chi connectivity index (χ0) is 25.7. The number of halogens is 3. The van der Waals surface area contributed by atoms with Crippen LogP contribution in [0, 0.1) is 11.6 Å². The van der Waals surface area contributed by atoms with Crippen molar-refractivity contribution >= 4 is 34.3 Å². The monoisotopic (exact) mass is 510 g/mol. The van der Waals surface area contributed by atoms with Gasteiger partial charge in [-0.3, -0.25) is 4.79 Å². The Kier molecular flexibility index (Phi) is 5.65. The summed E-state index contributed by atoms with van der Waals surface area (Å²) in [6, 6.07) is 6.43. The molecule has 4 fully saturated rings. The molecule has 0 spiro atoms. The number of hydrogen-bond acceptors (Lipinski definition) is 7. The lowest BCUT2D eigenvalue weighted by Crippen LogP contribution is -2.64. The minimum Gasteiger partial charge on any atom is -0.487 e. The molecule has 2 atom stereocenters. The summed E-state index contributed by atoms with van der Waals surface area (Å²) in [6.07, 6.45) is 5.23. The molecule has 37 heavy (non-hydrogen) atoms. The van der Waals surface area contributed by atoms with E-state index in [2.05, 4.69) is 26.8 Å². The number of amides is 1. The molecule has 2 aromatic heterocycles. The highest BCUT2D eigenvalue weighted by molar-refractivity contribution is 5.89. The molecule has 1 aliphatic carbocycles. The van der Waals surface area contributed by atoms with E-state index in [1.807, 2.05) is 11.0 Å². The summed E-state index contributed by atoms with van der Waals surface area (Å²) in [5.74, 6) is -1.87. The van der Waals surface area contributed by atoms with Crippen LogP contribution in [0.1, 0.15) is 25.7 Å². The van der Waals surface area contributed by atoms with Gasteiger partial charge in [0, 0.05) is 25.2 Å². The zero-order valence-corrected chi connectivity index (χ0v) is 20.0. The Labute approximate surface area is 211 Å². The van der Waals surface area contributed by atoms with Crippen LogP contribution < -0.4 is 15.0 Å². The van der Waals surface area contributed by atoms with Crippen molar-refractivity contribution in [2.45, 2.75) is 43.4 Å². The number of alkyl halides is 1. The molecule has 2 bridgehead atoms. The van der Waals surface area contributed by atoms with Gasteiger partial charge < -0.3 is 19.9 Å². The molecular weight excluding hydrogens is 485 g/mol. The number of piperidine rings is 2. The molecule has 8 nitrogen and oxygen atoms in total. The Morgan fingerprint density at radius 3 is 2.68 bits per heavy atom. The molecule has 3 aromatic rings. The van der Waals surface area contributed by atoms with Crippen molar-refractivity contribution in [1.82, 2.24) is 19.9 Å². The number of piperazine rings is 1. The lowest BCUT2D eigenvalue weighted by Gasteiger charge is -2.51. The second-order valence-electron chi connectivity index (χ2n) is 9.80. The first-order chi connectivity index (χ1) is 17.8. The van der Waals surface area contributed by atoms with Crippen molar-refractivity contribution in [2.75, 3.05) is 29.9 Å². The van der Waals surface area contributed by atoms with Crippen LogP contribution in [-0.2, 0) is 4.79 Å². The van der Waals surface area contributed by atoms with Gasteiger partial charge in [-0.15, -0.1) is 0 Å². The molecule has 7 rings (SSSR count). The maximum Gasteiger partial charge on any atom is 0.246 e. The summed E-state index contributed by atoms with van der Waals surface area (Å²) in [7, 11) is 0. The first-order valence-corrected chi connectivity index (χ1v) is 12.2. The summed E-state index contributed by atoms with van der Waals surface area (Å²) < 4.78 is 48.5. The molecule has 0 radical (unpaired) electrons. The molecular formula is C26H25F3N6O2. The number of aromatic nitrogens is 3. The standard InChI is InChI=1S/C26H25F3N6O2/c1-2-21(36)35-12-15-3-4-16(35)11-34(15)20-8-6-18-24(33-20)25(31-14-30-18)32-17-5-7-19(23(28)22(17)27)37-13-26(29)9-10-26/h2,5-8,14-16H,1,3-4,9-13H2,(H,30,31,32)/t15?,16-/m0/s1. The number of fused-ring (bicyclic) bond motifs is 4. The SMILES string of the molecule is C=CC(=O)N1CC2CC[C@H]1CN2c1ccc2ncnc(Nc3ccc(OCC4(F)CC4)c(F)c3F)c2n1. The number of hydrogen-bond donors (Lipinski definition) is 1. The predicted molar refractivity (Wildman–Crippen MR) is 132 cm³/mol. The second-order valence-corrected chi connectivity index (χ2v) is 9.80. The number of carbonyl (C=O) groups excluding carboxylic acids is 1. The molecule has 5 heterocycles. The van der Waals surface area contributed by atoms with Crippen molar-refractivity contribution in [3.05, 3.63) is 54.9 Å². The Hall–Kier alpha value is -3.89. The zero-order valence-electron chi connectivity index (χ0n) is 20.0. The highest BCUT2D eigenvalue weighted by Crippen LogP contribution is 2.40. The summed E-state index contributed by atoms with van der Waals surface area (Å²) in [6.45, 7) is 4.52.